The standard InChI is InChI=1S/C11H9F3N2/c1-7(2)16-9-4-3-8(6-15)10(5-9)11(12,13)14/h3-5,16H,1H2,2H3. The van der Waals surface area contributed by atoms with Gasteiger partial charge in [-0.2, -0.15) is 18.4 Å². The molecule has 1 rings (SSSR count). The molecular weight excluding hydrogens is 217 g/mol. The molecule has 0 fully saturated rings. The van der Waals surface area contributed by atoms with E-state index in [0.717, 1.165) is 12.1 Å². The Morgan fingerprint density at radius 2 is 2.06 bits per heavy atom. The van der Waals surface area contributed by atoms with Crippen LogP contribution in [0.25, 0.3) is 0 Å². The number of nitrogens with one attached hydrogen (secondary N) is 1. The summed E-state index contributed by atoms with van der Waals surface area (Å²) >= 11 is 0. The van der Waals surface area contributed by atoms with E-state index in [0.29, 0.717) is 5.70 Å². The van der Waals surface area contributed by atoms with Crippen molar-refractivity contribution < 1.29 is 13.2 Å². The summed E-state index contributed by atoms with van der Waals surface area (Å²) in [5.74, 6) is 0. The van der Waals surface area contributed by atoms with Crippen molar-refractivity contribution in [1.29, 1.82) is 5.26 Å². The van der Waals surface area contributed by atoms with E-state index in [-0.39, 0.29) is 11.3 Å². The van der Waals surface area contributed by atoms with Gasteiger partial charge in [-0.15, -0.1) is 0 Å². The Morgan fingerprint density at radius 1 is 1.44 bits per heavy atom. The van der Waals surface area contributed by atoms with Gasteiger partial charge in [-0.05, 0) is 25.1 Å². The number of nitrogens with zero attached hydrogens (tertiary/aromatic N) is 1. The number of nitriles is 1. The van der Waals surface area contributed by atoms with Crippen molar-refractivity contribution in [2.45, 2.75) is 13.1 Å². The molecule has 0 atom stereocenters. The van der Waals surface area contributed by atoms with Gasteiger partial charge >= 0.3 is 6.18 Å². The fourth-order valence-corrected chi connectivity index (χ4v) is 1.20. The summed E-state index contributed by atoms with van der Waals surface area (Å²) in [5.41, 5.74) is -0.544. The van der Waals surface area contributed by atoms with Crippen LogP contribution in [0.3, 0.4) is 0 Å². The predicted molar refractivity (Wildman–Crippen MR) is 54.6 cm³/mol. The summed E-state index contributed by atoms with van der Waals surface area (Å²) in [6.45, 7) is 5.16. The Morgan fingerprint density at radius 3 is 2.50 bits per heavy atom. The molecule has 0 aromatic heterocycles. The molecule has 0 heterocycles. The molecule has 0 amide bonds. The molecule has 0 unspecified atom stereocenters. The lowest BCUT2D eigenvalue weighted by Gasteiger charge is -2.11. The van der Waals surface area contributed by atoms with Crippen molar-refractivity contribution in [3.05, 3.63) is 41.6 Å². The van der Waals surface area contributed by atoms with Gasteiger partial charge < -0.3 is 5.32 Å². The number of benzene rings is 1. The lowest BCUT2D eigenvalue weighted by atomic mass is 10.1. The minimum Gasteiger partial charge on any atom is -0.360 e. The highest BCUT2D eigenvalue weighted by Crippen LogP contribution is 2.33. The van der Waals surface area contributed by atoms with Gasteiger partial charge in [0.05, 0.1) is 17.2 Å². The topological polar surface area (TPSA) is 35.8 Å². The number of alkyl halides is 3. The average molecular weight is 226 g/mol. The van der Waals surface area contributed by atoms with Crippen molar-refractivity contribution in [2.24, 2.45) is 0 Å². The maximum atomic E-state index is 12.6. The monoisotopic (exact) mass is 226 g/mol. The van der Waals surface area contributed by atoms with E-state index in [9.17, 15) is 13.2 Å². The van der Waals surface area contributed by atoms with Crippen molar-refractivity contribution in [1.82, 2.24) is 0 Å². The van der Waals surface area contributed by atoms with E-state index in [2.05, 4.69) is 11.9 Å². The van der Waals surface area contributed by atoms with Crippen LogP contribution in [0.15, 0.2) is 30.5 Å². The summed E-state index contributed by atoms with van der Waals surface area (Å²) in [5, 5.41) is 11.2. The van der Waals surface area contributed by atoms with E-state index in [4.69, 9.17) is 5.26 Å². The van der Waals surface area contributed by atoms with Crippen LogP contribution in [0.2, 0.25) is 0 Å². The molecular formula is C11H9F3N2. The first-order chi connectivity index (χ1) is 7.34. The fourth-order valence-electron chi connectivity index (χ4n) is 1.20. The van der Waals surface area contributed by atoms with Crippen molar-refractivity contribution >= 4 is 5.69 Å². The molecule has 0 bridgehead atoms. The number of anilines is 1. The number of halogens is 3. The highest BCUT2D eigenvalue weighted by atomic mass is 19.4. The van der Waals surface area contributed by atoms with E-state index in [1.807, 2.05) is 0 Å². The first kappa shape index (κ1) is 12.1. The van der Waals surface area contributed by atoms with Gasteiger partial charge in [0, 0.05) is 11.4 Å². The zero-order valence-corrected chi connectivity index (χ0v) is 8.52. The van der Waals surface area contributed by atoms with Gasteiger partial charge in [0.25, 0.3) is 0 Å². The molecule has 0 saturated carbocycles. The SMILES string of the molecule is C=C(C)Nc1ccc(C#N)c(C(F)(F)F)c1. The Bertz CT molecular complexity index is 455. The van der Waals surface area contributed by atoms with Gasteiger partial charge in [-0.1, -0.05) is 6.58 Å². The molecule has 2 nitrogen and oxygen atoms in total. The average Bonchev–Trinajstić information content (AvgIpc) is 2.15. The van der Waals surface area contributed by atoms with Gasteiger partial charge in [0.15, 0.2) is 0 Å². The molecule has 0 aliphatic carbocycles. The largest absolute Gasteiger partial charge is 0.417 e. The van der Waals surface area contributed by atoms with Crippen LogP contribution < -0.4 is 5.32 Å². The quantitative estimate of drug-likeness (QED) is 0.837. The second-order valence-electron chi connectivity index (χ2n) is 3.28. The second kappa shape index (κ2) is 4.27. The Hall–Kier alpha value is -1.96. The number of hydrogen-bond donors (Lipinski definition) is 1. The van der Waals surface area contributed by atoms with E-state index < -0.39 is 11.7 Å². The van der Waals surface area contributed by atoms with Crippen LogP contribution in [-0.4, -0.2) is 0 Å². The molecule has 0 saturated heterocycles. The lowest BCUT2D eigenvalue weighted by Crippen LogP contribution is -2.08. The number of hydrogen-bond acceptors (Lipinski definition) is 2. The van der Waals surface area contributed by atoms with Crippen molar-refractivity contribution in [2.75, 3.05) is 5.32 Å². The Labute approximate surface area is 91.0 Å². The zero-order chi connectivity index (χ0) is 12.3. The van der Waals surface area contributed by atoms with Crippen LogP contribution in [0.1, 0.15) is 18.1 Å². The molecule has 84 valence electrons. The zero-order valence-electron chi connectivity index (χ0n) is 8.52. The van der Waals surface area contributed by atoms with Crippen LogP contribution in [0.4, 0.5) is 18.9 Å². The van der Waals surface area contributed by atoms with Crippen LogP contribution in [0, 0.1) is 11.3 Å². The number of allylic oxidation sites excluding steroid dienone is 1. The van der Waals surface area contributed by atoms with E-state index >= 15 is 0 Å². The molecule has 1 aromatic carbocycles. The normalized spacial score (nSPS) is 10.7. The maximum Gasteiger partial charge on any atom is 0.417 e. The summed E-state index contributed by atoms with van der Waals surface area (Å²) < 4.78 is 37.7. The van der Waals surface area contributed by atoms with Gasteiger partial charge in [0.2, 0.25) is 0 Å². The summed E-state index contributed by atoms with van der Waals surface area (Å²) in [4.78, 5) is 0. The highest BCUT2D eigenvalue weighted by molar-refractivity contribution is 5.55. The maximum absolute atomic E-state index is 12.6. The van der Waals surface area contributed by atoms with Crippen molar-refractivity contribution in [3.63, 3.8) is 0 Å². The predicted octanol–water partition coefficient (Wildman–Crippen LogP) is 3.52. The molecule has 0 aliphatic rings. The molecule has 1 aromatic rings. The molecule has 0 aliphatic heterocycles. The molecule has 0 radical (unpaired) electrons. The van der Waals surface area contributed by atoms with E-state index in [1.165, 1.54) is 12.1 Å². The lowest BCUT2D eigenvalue weighted by molar-refractivity contribution is -0.137. The van der Waals surface area contributed by atoms with Crippen LogP contribution >= 0.6 is 0 Å². The molecule has 1 N–H and O–H groups in total. The van der Waals surface area contributed by atoms with Gasteiger partial charge in [-0.25, -0.2) is 0 Å². The third-order valence-electron chi connectivity index (χ3n) is 1.80. The van der Waals surface area contributed by atoms with Gasteiger partial charge in [-0.3, -0.25) is 0 Å². The highest BCUT2D eigenvalue weighted by Gasteiger charge is 2.33. The van der Waals surface area contributed by atoms with Crippen molar-refractivity contribution in [3.8, 4) is 6.07 Å². The molecule has 16 heavy (non-hydrogen) atoms. The van der Waals surface area contributed by atoms with E-state index in [1.54, 1.807) is 6.92 Å². The van der Waals surface area contributed by atoms with Crippen LogP contribution in [0.5, 0.6) is 0 Å². The van der Waals surface area contributed by atoms with Gasteiger partial charge in [0.1, 0.15) is 0 Å². The Balaban J connectivity index is 3.23. The first-order valence-corrected chi connectivity index (χ1v) is 4.38. The first-order valence-electron chi connectivity index (χ1n) is 4.38. The number of rotatable bonds is 2. The van der Waals surface area contributed by atoms with Crippen LogP contribution in [-0.2, 0) is 6.18 Å². The fraction of sp³-hybridized carbons (Fsp3) is 0.182. The summed E-state index contributed by atoms with van der Waals surface area (Å²) in [6.07, 6.45) is -4.53. The minimum absolute atomic E-state index is 0.263. The molecule has 5 heteroatoms. The third kappa shape index (κ3) is 2.76. The summed E-state index contributed by atoms with van der Waals surface area (Å²) in [7, 11) is 0. The molecule has 0 spiro atoms. The third-order valence-corrected chi connectivity index (χ3v) is 1.80. The Kier molecular flexibility index (Phi) is 3.23. The smallest absolute Gasteiger partial charge is 0.360 e. The second-order valence-corrected chi connectivity index (χ2v) is 3.28. The minimum atomic E-state index is -4.53. The summed E-state index contributed by atoms with van der Waals surface area (Å²) in [6, 6.07) is 4.95.